The molecule has 0 radical (unpaired) electrons. The third kappa shape index (κ3) is 22.1. The van der Waals surface area contributed by atoms with Crippen molar-refractivity contribution in [1.29, 1.82) is 0 Å². The molecule has 3 rings (SSSR count). The molecule has 0 saturated heterocycles. The van der Waals surface area contributed by atoms with Crippen LogP contribution in [0.1, 0.15) is 33.6 Å². The fourth-order valence-corrected chi connectivity index (χ4v) is 6.80. The molecule has 3 atom stereocenters. The van der Waals surface area contributed by atoms with Gasteiger partial charge >= 0.3 is 17.9 Å². The summed E-state index contributed by atoms with van der Waals surface area (Å²) in [4.78, 5) is 61.0. The van der Waals surface area contributed by atoms with Crippen LogP contribution in [-0.2, 0) is 76.0 Å². The molecule has 0 bridgehead atoms. The van der Waals surface area contributed by atoms with Gasteiger partial charge in [-0.15, -0.1) is 11.3 Å². The number of amides is 1. The van der Waals surface area contributed by atoms with Crippen molar-refractivity contribution in [3.63, 3.8) is 0 Å². The summed E-state index contributed by atoms with van der Waals surface area (Å²) in [7, 11) is 0. The Kier molecular flexibility index (Phi) is 26.8. The van der Waals surface area contributed by atoms with Crippen LogP contribution in [0.25, 0.3) is 22.2 Å². The molecule has 0 fully saturated rings. The van der Waals surface area contributed by atoms with Crippen LogP contribution in [0.4, 0.5) is 0 Å². The second kappa shape index (κ2) is 31.9. The molecule has 1 N–H and O–H groups in total. The molecule has 0 saturated carbocycles. The van der Waals surface area contributed by atoms with Crippen molar-refractivity contribution in [2.24, 2.45) is 0 Å². The Hall–Kier alpha value is -4.87. The smallest absolute Gasteiger partial charge is 0.330 e. The fourth-order valence-electron chi connectivity index (χ4n) is 5.68. The van der Waals surface area contributed by atoms with E-state index in [2.05, 4.69) is 31.1 Å². The Morgan fingerprint density at radius 2 is 1.08 bits per heavy atom. The van der Waals surface area contributed by atoms with Gasteiger partial charge in [-0.25, -0.2) is 14.4 Å². The average Bonchev–Trinajstić information content (AvgIpc) is 3.32. The summed E-state index contributed by atoms with van der Waals surface area (Å²) in [5, 5.41) is 4.14. The van der Waals surface area contributed by atoms with E-state index in [0.29, 0.717) is 16.4 Å². The maximum Gasteiger partial charge on any atom is 0.330 e. The first-order valence-corrected chi connectivity index (χ1v) is 22.2. The summed E-state index contributed by atoms with van der Waals surface area (Å²) < 4.78 is 74.5. The third-order valence-corrected chi connectivity index (χ3v) is 10.2. The van der Waals surface area contributed by atoms with Crippen LogP contribution in [0.2, 0.25) is 0 Å². The van der Waals surface area contributed by atoms with Crippen molar-refractivity contribution in [2.75, 3.05) is 106 Å². The Balaban J connectivity index is 1.72. The van der Waals surface area contributed by atoms with E-state index in [0.717, 1.165) is 40.3 Å². The lowest BCUT2D eigenvalue weighted by Gasteiger charge is -2.36. The lowest BCUT2D eigenvalue weighted by molar-refractivity contribution is -0.202. The lowest BCUT2D eigenvalue weighted by Crippen LogP contribution is -2.60. The standard InChI is InChI=1S/C46H63NO18S/c1-7-42(49)59-25-19-53-16-22-56-33(4)63-30-46(31-64-34(5)57-23-17-54-20-26-60-43(50)8-2,32-65-35(6)58-24-18-55-21-27-61-44(51)9-3)47-41(48)29-62-36-14-15-40-38(28-36)45(52)37-12-10-11-13-39(37)66-40/h7-9,12-15,28,33-35H,1-3,10-11,16-27,29-32H2,4-6H3,(H,47,48). The Bertz CT molecular complexity index is 1930. The first-order valence-electron chi connectivity index (χ1n) is 21.4. The molecule has 1 aliphatic rings. The first kappa shape index (κ1) is 55.5. The number of nitrogens with one attached hydrogen (secondary N) is 1. The number of benzene rings is 1. The number of hydrogen-bond acceptors (Lipinski definition) is 19. The molecule has 1 aromatic heterocycles. The van der Waals surface area contributed by atoms with E-state index in [1.54, 1.807) is 39.0 Å². The highest BCUT2D eigenvalue weighted by Crippen LogP contribution is 2.20. The molecule has 3 unspecified atom stereocenters. The summed E-state index contributed by atoms with van der Waals surface area (Å²) in [5.41, 5.74) is -1.50. The first-order chi connectivity index (χ1) is 31.9. The van der Waals surface area contributed by atoms with Crippen molar-refractivity contribution >= 4 is 57.4 Å². The molecule has 19 nitrogen and oxygen atoms in total. The number of carbonyl (C=O) groups excluding carboxylic acids is 4. The number of ether oxygens (including phenoxy) is 13. The maximum atomic E-state index is 13.8. The minimum Gasteiger partial charge on any atom is -0.484 e. The van der Waals surface area contributed by atoms with Crippen molar-refractivity contribution < 1.29 is 80.8 Å². The summed E-state index contributed by atoms with van der Waals surface area (Å²) in [6.45, 7) is 15.5. The average molecular weight is 950 g/mol. The third-order valence-electron chi connectivity index (χ3n) is 8.98. The number of fused-ring (bicyclic) bond motifs is 2. The van der Waals surface area contributed by atoms with Gasteiger partial charge in [0.25, 0.3) is 5.91 Å². The summed E-state index contributed by atoms with van der Waals surface area (Å²) >= 11 is 1.53. The molecule has 20 heteroatoms. The number of carbonyl (C=O) groups is 4. The normalized spacial score (nSPS) is 14.2. The highest BCUT2D eigenvalue weighted by atomic mass is 32.1. The highest BCUT2D eigenvalue weighted by Gasteiger charge is 2.36. The van der Waals surface area contributed by atoms with Gasteiger partial charge in [-0.05, 0) is 51.8 Å². The largest absolute Gasteiger partial charge is 0.484 e. The van der Waals surface area contributed by atoms with E-state index in [4.69, 9.17) is 61.6 Å². The molecular formula is C46H63NO18S. The van der Waals surface area contributed by atoms with E-state index >= 15 is 0 Å². The summed E-state index contributed by atoms with van der Waals surface area (Å²) in [6.07, 6.45) is 6.44. The van der Waals surface area contributed by atoms with Gasteiger partial charge in [-0.2, -0.15) is 0 Å². The second-order valence-corrected chi connectivity index (χ2v) is 15.3. The molecule has 1 heterocycles. The molecule has 2 aromatic rings. The van der Waals surface area contributed by atoms with Gasteiger partial charge in [0.05, 0.1) is 79.3 Å². The molecule has 0 spiro atoms. The van der Waals surface area contributed by atoms with E-state index in [1.807, 2.05) is 6.08 Å². The van der Waals surface area contributed by atoms with E-state index in [9.17, 15) is 24.0 Å². The van der Waals surface area contributed by atoms with Crippen molar-refractivity contribution in [3.8, 4) is 5.75 Å². The molecule has 1 amide bonds. The number of hydrogen-bond donors (Lipinski definition) is 1. The minimum atomic E-state index is -1.41. The number of esters is 3. The quantitative estimate of drug-likeness (QED) is 0.0338. The van der Waals surface area contributed by atoms with E-state index in [-0.39, 0.29) is 105 Å². The fraction of sp³-hybridized carbons (Fsp3) is 0.543. The summed E-state index contributed by atoms with van der Waals surface area (Å²) in [5.74, 6) is -1.91. The zero-order valence-electron chi connectivity index (χ0n) is 38.0. The van der Waals surface area contributed by atoms with Gasteiger partial charge < -0.3 is 66.9 Å². The van der Waals surface area contributed by atoms with Crippen LogP contribution in [-0.4, -0.2) is 154 Å². The van der Waals surface area contributed by atoms with Crippen LogP contribution in [0.5, 0.6) is 5.75 Å². The SMILES string of the molecule is C=CC(=O)OCCOCCOC(C)OCC(COC(C)OCCOCCOC(=O)C=C)(COC(C)OCCOCCOC(=O)C=C)NC(=O)COc1ccc2sc3c(c(=O)c2c1)=CCCC=3. The van der Waals surface area contributed by atoms with Crippen molar-refractivity contribution in [1.82, 2.24) is 5.32 Å². The maximum absolute atomic E-state index is 13.8. The zero-order valence-corrected chi connectivity index (χ0v) is 38.8. The number of rotatable bonds is 37. The van der Waals surface area contributed by atoms with Gasteiger partial charge in [0.2, 0.25) is 0 Å². The van der Waals surface area contributed by atoms with Crippen molar-refractivity contribution in [3.05, 3.63) is 76.1 Å². The monoisotopic (exact) mass is 949 g/mol. The predicted octanol–water partition coefficient (Wildman–Crippen LogP) is 2.23. The highest BCUT2D eigenvalue weighted by molar-refractivity contribution is 7.16. The zero-order chi connectivity index (χ0) is 48.0. The molecule has 0 aliphatic heterocycles. The predicted molar refractivity (Wildman–Crippen MR) is 242 cm³/mol. The topological polar surface area (TPSA) is 217 Å². The molecule has 1 aromatic carbocycles. The van der Waals surface area contributed by atoms with Crippen LogP contribution >= 0.6 is 11.3 Å². The van der Waals surface area contributed by atoms with Crippen LogP contribution < -0.4 is 25.2 Å². The molecule has 366 valence electrons. The second-order valence-electron chi connectivity index (χ2n) is 14.2. The Labute approximate surface area is 388 Å². The van der Waals surface area contributed by atoms with Crippen LogP contribution in [0.15, 0.2) is 61.0 Å². The van der Waals surface area contributed by atoms with Gasteiger partial charge in [-0.1, -0.05) is 31.9 Å². The van der Waals surface area contributed by atoms with Crippen molar-refractivity contribution in [2.45, 2.75) is 58.0 Å². The lowest BCUT2D eigenvalue weighted by atomic mass is 10.0. The van der Waals surface area contributed by atoms with Crippen LogP contribution in [0, 0.1) is 0 Å². The molecular weight excluding hydrogens is 887 g/mol. The van der Waals surface area contributed by atoms with E-state index < -0.39 is 54.8 Å². The Morgan fingerprint density at radius 3 is 1.53 bits per heavy atom. The van der Waals surface area contributed by atoms with Gasteiger partial charge in [0, 0.05) is 38.1 Å². The molecule has 1 aliphatic carbocycles. The van der Waals surface area contributed by atoms with E-state index in [1.165, 1.54) is 11.3 Å². The molecule has 66 heavy (non-hydrogen) atoms. The van der Waals surface area contributed by atoms with Gasteiger partial charge in [0.1, 0.15) is 31.1 Å². The van der Waals surface area contributed by atoms with Gasteiger partial charge in [-0.3, -0.25) is 9.59 Å². The summed E-state index contributed by atoms with van der Waals surface area (Å²) in [6, 6.07) is 5.14. The van der Waals surface area contributed by atoms with Crippen LogP contribution in [0.3, 0.4) is 0 Å². The Morgan fingerprint density at radius 1 is 0.636 bits per heavy atom. The van der Waals surface area contributed by atoms with Gasteiger partial charge in [0.15, 0.2) is 30.9 Å². The minimum absolute atomic E-state index is 0.0496.